The fraction of sp³-hybridized carbons (Fsp3) is 0.231. The minimum Gasteiger partial charge on any atom is -0.449 e. The molecular weight excluding hydrogens is 386 g/mol. The van der Waals surface area contributed by atoms with Crippen LogP contribution in [0.2, 0.25) is 0 Å². The average molecular weight is 412 g/mol. The van der Waals surface area contributed by atoms with Gasteiger partial charge in [-0.2, -0.15) is 0 Å². The first-order valence-corrected chi connectivity index (χ1v) is 10.4. The highest BCUT2D eigenvalue weighted by Gasteiger charge is 2.28. The Labute approximate surface area is 182 Å². The Hall–Kier alpha value is -3.78. The largest absolute Gasteiger partial charge is 0.449 e. The van der Waals surface area contributed by atoms with E-state index in [9.17, 15) is 4.79 Å². The van der Waals surface area contributed by atoms with E-state index in [1.165, 1.54) is 22.3 Å². The maximum atomic E-state index is 12.2. The maximum Gasteiger partial charge on any atom is 0.407 e. The van der Waals surface area contributed by atoms with E-state index in [-0.39, 0.29) is 5.92 Å². The lowest BCUT2D eigenvalue weighted by atomic mass is 9.98. The summed E-state index contributed by atoms with van der Waals surface area (Å²) in [5.41, 5.74) is 13.3. The lowest BCUT2D eigenvalue weighted by Crippen LogP contribution is -2.26. The van der Waals surface area contributed by atoms with Gasteiger partial charge in [-0.05, 0) is 47.7 Å². The molecule has 0 unspecified atom stereocenters. The molecule has 1 aliphatic carbocycles. The summed E-state index contributed by atoms with van der Waals surface area (Å²) in [4.78, 5) is 16.4. The molecule has 31 heavy (non-hydrogen) atoms. The monoisotopic (exact) mass is 411 g/mol. The van der Waals surface area contributed by atoms with Gasteiger partial charge in [0.1, 0.15) is 12.4 Å². The van der Waals surface area contributed by atoms with Crippen LogP contribution in [0, 0.1) is 25.7 Å². The number of nitrogens with two attached hydrogens (primary N) is 1. The molecule has 1 amide bonds. The third-order valence-corrected chi connectivity index (χ3v) is 5.49. The first kappa shape index (κ1) is 20.5. The second kappa shape index (κ2) is 8.93. The van der Waals surface area contributed by atoms with Gasteiger partial charge in [0.2, 0.25) is 0 Å². The number of hydrogen-bond donors (Lipinski definition) is 2. The number of alkyl carbamates (subject to hydrolysis) is 1. The summed E-state index contributed by atoms with van der Waals surface area (Å²) < 4.78 is 5.53. The zero-order chi connectivity index (χ0) is 21.8. The van der Waals surface area contributed by atoms with Crippen molar-refractivity contribution < 1.29 is 9.53 Å². The molecular formula is C26H25N3O2. The van der Waals surface area contributed by atoms with E-state index in [1.54, 1.807) is 0 Å². The molecule has 1 aliphatic rings. The molecule has 156 valence electrons. The lowest BCUT2D eigenvalue weighted by Gasteiger charge is -2.14. The summed E-state index contributed by atoms with van der Waals surface area (Å²) in [6.45, 7) is 4.58. The van der Waals surface area contributed by atoms with Gasteiger partial charge in [0, 0.05) is 24.4 Å². The number of nitrogens with one attached hydrogen (secondary N) is 1. The Kier molecular flexibility index (Phi) is 5.90. The summed E-state index contributed by atoms with van der Waals surface area (Å²) in [6, 6.07) is 18.4. The van der Waals surface area contributed by atoms with E-state index >= 15 is 0 Å². The SMILES string of the molecule is Cc1cc(N)nc(C)c1C#CCCNC(=O)OCC1c2ccccc2-c2ccccc21. The number of nitrogens with zero attached hydrogens (tertiary/aromatic N) is 1. The van der Waals surface area contributed by atoms with Crippen LogP contribution in [0.5, 0.6) is 0 Å². The van der Waals surface area contributed by atoms with Crippen LogP contribution in [0.25, 0.3) is 11.1 Å². The number of pyridine rings is 1. The molecule has 0 aliphatic heterocycles. The Morgan fingerprint density at radius 1 is 1.10 bits per heavy atom. The lowest BCUT2D eigenvalue weighted by molar-refractivity contribution is 0.143. The molecule has 1 heterocycles. The fourth-order valence-corrected chi connectivity index (χ4v) is 4.08. The molecule has 4 rings (SSSR count). The van der Waals surface area contributed by atoms with Crippen molar-refractivity contribution in [2.45, 2.75) is 26.2 Å². The number of aryl methyl sites for hydroxylation is 2. The standard InChI is InChI=1S/C26H25N3O2/c1-17-15-25(27)29-18(2)19(17)9-7-8-14-28-26(30)31-16-24-22-12-5-3-10-20(22)21-11-4-6-13-23(21)24/h3-6,10-13,15,24H,8,14,16H2,1-2H3,(H2,27,29)(H,28,30). The topological polar surface area (TPSA) is 77.2 Å². The van der Waals surface area contributed by atoms with Crippen LogP contribution in [0.3, 0.4) is 0 Å². The Morgan fingerprint density at radius 2 is 1.74 bits per heavy atom. The number of carbonyl (C=O) groups excluding carboxylic acids is 1. The van der Waals surface area contributed by atoms with E-state index in [1.807, 2.05) is 44.2 Å². The summed E-state index contributed by atoms with van der Waals surface area (Å²) >= 11 is 0. The molecule has 5 nitrogen and oxygen atoms in total. The van der Waals surface area contributed by atoms with Crippen LogP contribution in [0.1, 0.15) is 40.3 Å². The number of nitrogen functional groups attached to an aromatic ring is 1. The second-order valence-corrected chi connectivity index (χ2v) is 7.63. The molecule has 0 fully saturated rings. The van der Waals surface area contributed by atoms with Gasteiger partial charge in [0.05, 0.1) is 5.69 Å². The van der Waals surface area contributed by atoms with Crippen molar-refractivity contribution in [1.29, 1.82) is 0 Å². The van der Waals surface area contributed by atoms with Gasteiger partial charge >= 0.3 is 6.09 Å². The van der Waals surface area contributed by atoms with E-state index in [0.717, 1.165) is 16.8 Å². The average Bonchev–Trinajstić information content (AvgIpc) is 3.07. The maximum absolute atomic E-state index is 12.2. The third kappa shape index (κ3) is 4.39. The Balaban J connectivity index is 1.30. The summed E-state index contributed by atoms with van der Waals surface area (Å²) in [6.07, 6.45) is 0.0955. The molecule has 5 heteroatoms. The van der Waals surface area contributed by atoms with Crippen molar-refractivity contribution in [3.05, 3.63) is 82.5 Å². The van der Waals surface area contributed by atoms with E-state index in [4.69, 9.17) is 10.5 Å². The number of amides is 1. The summed E-state index contributed by atoms with van der Waals surface area (Å²) in [7, 11) is 0. The zero-order valence-electron chi connectivity index (χ0n) is 17.7. The van der Waals surface area contributed by atoms with E-state index in [0.29, 0.717) is 25.4 Å². The van der Waals surface area contributed by atoms with E-state index in [2.05, 4.69) is 46.4 Å². The number of fused-ring (bicyclic) bond motifs is 3. The molecule has 3 aromatic rings. The molecule has 0 saturated heterocycles. The highest BCUT2D eigenvalue weighted by Crippen LogP contribution is 2.44. The molecule has 3 N–H and O–H groups in total. The van der Waals surface area contributed by atoms with Crippen molar-refractivity contribution in [2.24, 2.45) is 0 Å². The first-order chi connectivity index (χ1) is 15.0. The molecule has 0 bridgehead atoms. The van der Waals surface area contributed by atoms with Crippen molar-refractivity contribution in [3.8, 4) is 23.0 Å². The number of aromatic nitrogens is 1. The van der Waals surface area contributed by atoms with Crippen LogP contribution >= 0.6 is 0 Å². The highest BCUT2D eigenvalue weighted by molar-refractivity contribution is 5.79. The van der Waals surface area contributed by atoms with Gasteiger partial charge in [-0.15, -0.1) is 0 Å². The number of anilines is 1. The van der Waals surface area contributed by atoms with Crippen molar-refractivity contribution in [2.75, 3.05) is 18.9 Å². The van der Waals surface area contributed by atoms with Gasteiger partial charge < -0.3 is 15.8 Å². The van der Waals surface area contributed by atoms with E-state index < -0.39 is 6.09 Å². The van der Waals surface area contributed by atoms with Crippen LogP contribution in [0.4, 0.5) is 10.6 Å². The van der Waals surface area contributed by atoms with Gasteiger partial charge in [-0.25, -0.2) is 9.78 Å². The normalized spacial score (nSPS) is 11.8. The van der Waals surface area contributed by atoms with Gasteiger partial charge in [0.25, 0.3) is 0 Å². The molecule has 1 aromatic heterocycles. The smallest absolute Gasteiger partial charge is 0.407 e. The van der Waals surface area contributed by atoms with Crippen LogP contribution in [-0.2, 0) is 4.74 Å². The zero-order valence-corrected chi connectivity index (χ0v) is 17.7. The Bertz CT molecular complexity index is 1120. The van der Waals surface area contributed by atoms with Gasteiger partial charge in [-0.1, -0.05) is 60.4 Å². The summed E-state index contributed by atoms with van der Waals surface area (Å²) in [5, 5.41) is 2.78. The molecule has 0 saturated carbocycles. The quantitative estimate of drug-likeness (QED) is 0.487. The Morgan fingerprint density at radius 3 is 2.39 bits per heavy atom. The van der Waals surface area contributed by atoms with Crippen LogP contribution in [-0.4, -0.2) is 24.2 Å². The number of carbonyl (C=O) groups is 1. The molecule has 0 radical (unpaired) electrons. The summed E-state index contributed by atoms with van der Waals surface area (Å²) in [5.74, 6) is 6.76. The first-order valence-electron chi connectivity index (χ1n) is 10.4. The van der Waals surface area contributed by atoms with Crippen LogP contribution < -0.4 is 11.1 Å². The predicted octanol–water partition coefficient (Wildman–Crippen LogP) is 4.56. The second-order valence-electron chi connectivity index (χ2n) is 7.63. The third-order valence-electron chi connectivity index (χ3n) is 5.49. The van der Waals surface area contributed by atoms with Crippen LogP contribution in [0.15, 0.2) is 54.6 Å². The number of rotatable bonds is 4. The van der Waals surface area contributed by atoms with Gasteiger partial charge in [0.15, 0.2) is 0 Å². The number of benzene rings is 2. The van der Waals surface area contributed by atoms with Gasteiger partial charge in [-0.3, -0.25) is 0 Å². The van der Waals surface area contributed by atoms with Crippen molar-refractivity contribution in [3.63, 3.8) is 0 Å². The molecule has 0 spiro atoms. The number of ether oxygens (including phenoxy) is 1. The van der Waals surface area contributed by atoms with Crippen molar-refractivity contribution in [1.82, 2.24) is 10.3 Å². The molecule has 2 aromatic carbocycles. The fourth-order valence-electron chi connectivity index (χ4n) is 4.08. The highest BCUT2D eigenvalue weighted by atomic mass is 16.5. The molecule has 0 atom stereocenters. The number of hydrogen-bond acceptors (Lipinski definition) is 4. The predicted molar refractivity (Wildman–Crippen MR) is 123 cm³/mol. The minimum absolute atomic E-state index is 0.0573. The minimum atomic E-state index is -0.426. The van der Waals surface area contributed by atoms with Crippen molar-refractivity contribution >= 4 is 11.9 Å².